The van der Waals surface area contributed by atoms with Gasteiger partial charge in [-0.15, -0.1) is 0 Å². The molecule has 6 aromatic rings. The van der Waals surface area contributed by atoms with Crippen molar-refractivity contribution in [3.8, 4) is 33.8 Å². The van der Waals surface area contributed by atoms with Gasteiger partial charge in [-0.05, 0) is 70.9 Å². The van der Waals surface area contributed by atoms with Gasteiger partial charge in [-0.1, -0.05) is 84.9 Å². The number of H-pyrrole nitrogens is 1. The van der Waals surface area contributed by atoms with Gasteiger partial charge < -0.3 is 14.9 Å². The number of amides is 2. The predicted octanol–water partition coefficient (Wildman–Crippen LogP) is 6.74. The fourth-order valence-electron chi connectivity index (χ4n) is 6.44. The van der Waals surface area contributed by atoms with Crippen LogP contribution in [0, 0.1) is 0 Å². The molecule has 3 aromatic heterocycles. The Morgan fingerprint density at radius 2 is 1.27 bits per heavy atom. The molecule has 3 atom stereocenters. The number of nitrogens with one attached hydrogen (secondary N) is 3. The highest BCUT2D eigenvalue weighted by molar-refractivity contribution is 5.94. The fraction of sp³-hybridized carbons (Fsp3) is 0.244. The molecule has 0 saturated carbocycles. The summed E-state index contributed by atoms with van der Waals surface area (Å²) in [5, 5.41) is 6.16. The minimum atomic E-state index is -0.447. The highest BCUT2D eigenvalue weighted by Gasteiger charge is 2.26. The second-order valence-electron chi connectivity index (χ2n) is 13.2. The summed E-state index contributed by atoms with van der Waals surface area (Å²) in [6.07, 6.45) is 5.38. The molecule has 3 N–H and O–H groups in total. The third-order valence-electron chi connectivity index (χ3n) is 9.08. The van der Waals surface area contributed by atoms with Crippen LogP contribution in [-0.4, -0.2) is 74.3 Å². The van der Waals surface area contributed by atoms with Gasteiger partial charge in [-0.2, -0.15) is 0 Å². The number of likely N-dealkylation sites (N-methyl/N-ethyl adjacent to an activating group) is 2. The van der Waals surface area contributed by atoms with Gasteiger partial charge in [-0.3, -0.25) is 29.7 Å². The van der Waals surface area contributed by atoms with Crippen molar-refractivity contribution in [2.45, 2.75) is 38.5 Å². The summed E-state index contributed by atoms with van der Waals surface area (Å²) in [4.78, 5) is 47.7. The zero-order valence-electron chi connectivity index (χ0n) is 30.4. The number of imidazole rings is 2. The van der Waals surface area contributed by atoms with Gasteiger partial charge >= 0.3 is 0 Å². The third kappa shape index (κ3) is 7.85. The maximum Gasteiger partial charge on any atom is 0.248 e. The number of benzene rings is 3. The molecule has 0 aliphatic rings. The Labute approximate surface area is 304 Å². The van der Waals surface area contributed by atoms with Crippen LogP contribution in [0.3, 0.4) is 0 Å². The Morgan fingerprint density at radius 3 is 1.83 bits per heavy atom. The van der Waals surface area contributed by atoms with Crippen LogP contribution in [0.25, 0.3) is 33.8 Å². The Hall–Kier alpha value is -5.91. The largest absolute Gasteiger partial charge is 0.345 e. The third-order valence-corrected chi connectivity index (χ3v) is 9.08. The monoisotopic (exact) mass is 695 g/mol. The van der Waals surface area contributed by atoms with Crippen LogP contribution in [0.2, 0.25) is 0 Å². The number of anilines is 1. The number of aromatic amines is 1. The fourth-order valence-corrected chi connectivity index (χ4v) is 6.44. The summed E-state index contributed by atoms with van der Waals surface area (Å²) in [7, 11) is 7.58. The van der Waals surface area contributed by atoms with Crippen LogP contribution in [-0.2, 0) is 16.1 Å². The maximum atomic E-state index is 13.4. The molecule has 3 heterocycles. The van der Waals surface area contributed by atoms with E-state index < -0.39 is 12.1 Å². The number of carbonyl (C=O) groups is 2. The standard InChI is InChI=1S/C41H45N9O2/c1-7-50-35(26-44-41(50)47-40(52)37(49(5)6)31-16-12-9-13-17-31)29-20-18-28(19-21-29)33-23-22-32(24-42-33)34-25-43-38(46-34)27(2)45-39(51)36(48(3)4)30-14-10-8-11-15-30/h8-27,36-37H,7H2,1-6H3,(H,43,46)(H,45,51)(H,44,47,52)/t27-,36+,37+/m0/s1. The maximum absolute atomic E-state index is 13.4. The highest BCUT2D eigenvalue weighted by Crippen LogP contribution is 2.29. The van der Waals surface area contributed by atoms with Crippen molar-refractivity contribution in [3.63, 3.8) is 0 Å². The molecule has 266 valence electrons. The van der Waals surface area contributed by atoms with Gasteiger partial charge in [0.05, 0.1) is 35.5 Å². The lowest BCUT2D eigenvalue weighted by Crippen LogP contribution is -2.38. The minimum Gasteiger partial charge on any atom is -0.345 e. The molecular formula is C41H45N9O2. The van der Waals surface area contributed by atoms with Crippen molar-refractivity contribution in [1.29, 1.82) is 0 Å². The van der Waals surface area contributed by atoms with Gasteiger partial charge in [0.2, 0.25) is 17.8 Å². The molecule has 11 nitrogen and oxygen atoms in total. The first-order chi connectivity index (χ1) is 25.1. The van der Waals surface area contributed by atoms with Crippen molar-refractivity contribution in [2.24, 2.45) is 0 Å². The smallest absolute Gasteiger partial charge is 0.248 e. The molecule has 0 radical (unpaired) electrons. The van der Waals surface area contributed by atoms with Gasteiger partial charge in [0.25, 0.3) is 0 Å². The Balaban J connectivity index is 1.11. The van der Waals surface area contributed by atoms with Gasteiger partial charge in [0.15, 0.2) is 0 Å². The van der Waals surface area contributed by atoms with E-state index in [-0.39, 0.29) is 17.9 Å². The molecule has 0 aliphatic carbocycles. The van der Waals surface area contributed by atoms with Gasteiger partial charge in [0, 0.05) is 23.9 Å². The molecule has 0 fully saturated rings. The lowest BCUT2D eigenvalue weighted by molar-refractivity contribution is -0.126. The summed E-state index contributed by atoms with van der Waals surface area (Å²) in [6.45, 7) is 4.59. The van der Waals surface area contributed by atoms with Crippen molar-refractivity contribution < 1.29 is 9.59 Å². The molecule has 0 bridgehead atoms. The van der Waals surface area contributed by atoms with E-state index >= 15 is 0 Å². The van der Waals surface area contributed by atoms with E-state index in [0.29, 0.717) is 18.3 Å². The second-order valence-corrected chi connectivity index (χ2v) is 13.2. The Morgan fingerprint density at radius 1 is 0.692 bits per heavy atom. The molecule has 0 saturated heterocycles. The highest BCUT2D eigenvalue weighted by atomic mass is 16.2. The molecular weight excluding hydrogens is 651 g/mol. The number of hydrogen-bond acceptors (Lipinski definition) is 7. The first-order valence-corrected chi connectivity index (χ1v) is 17.4. The number of carbonyl (C=O) groups excluding carboxylic acids is 2. The van der Waals surface area contributed by atoms with Gasteiger partial charge in [0.1, 0.15) is 17.9 Å². The van der Waals surface area contributed by atoms with Crippen molar-refractivity contribution >= 4 is 17.8 Å². The van der Waals surface area contributed by atoms with E-state index in [1.165, 1.54) is 0 Å². The van der Waals surface area contributed by atoms with Gasteiger partial charge in [-0.25, -0.2) is 9.97 Å². The molecule has 52 heavy (non-hydrogen) atoms. The Bertz CT molecular complexity index is 2090. The van der Waals surface area contributed by atoms with Crippen LogP contribution in [0.1, 0.15) is 48.9 Å². The van der Waals surface area contributed by atoms with Crippen LogP contribution in [0.4, 0.5) is 5.95 Å². The lowest BCUT2D eigenvalue weighted by atomic mass is 10.0. The topological polar surface area (TPSA) is 124 Å². The minimum absolute atomic E-state index is 0.0953. The number of nitrogens with zero attached hydrogens (tertiary/aromatic N) is 6. The lowest BCUT2D eigenvalue weighted by Gasteiger charge is -2.25. The average Bonchev–Trinajstić information content (AvgIpc) is 3.80. The average molecular weight is 696 g/mol. The van der Waals surface area contributed by atoms with Crippen LogP contribution >= 0.6 is 0 Å². The van der Waals surface area contributed by atoms with E-state index in [9.17, 15) is 9.59 Å². The van der Waals surface area contributed by atoms with Crippen molar-refractivity contribution in [2.75, 3.05) is 33.5 Å². The first kappa shape index (κ1) is 35.9. The summed E-state index contributed by atoms with van der Waals surface area (Å²) < 4.78 is 2.01. The zero-order valence-corrected chi connectivity index (χ0v) is 30.4. The zero-order chi connectivity index (χ0) is 36.8. The molecule has 6 rings (SSSR count). The van der Waals surface area contributed by atoms with E-state index in [4.69, 9.17) is 4.98 Å². The molecule has 0 unspecified atom stereocenters. The van der Waals surface area contributed by atoms with Crippen molar-refractivity contribution in [3.05, 3.63) is 133 Å². The summed E-state index contributed by atoms with van der Waals surface area (Å²) in [5.74, 6) is 0.936. The summed E-state index contributed by atoms with van der Waals surface area (Å²) >= 11 is 0. The molecule has 2 amide bonds. The van der Waals surface area contributed by atoms with Crippen LogP contribution < -0.4 is 10.6 Å². The second kappa shape index (κ2) is 16.0. The van der Waals surface area contributed by atoms with Crippen LogP contribution in [0.15, 0.2) is 116 Å². The van der Waals surface area contributed by atoms with E-state index in [2.05, 4.69) is 25.6 Å². The SMILES string of the molecule is CCn1c(-c2ccc(-c3ccc(-c4cnc([C@H](C)NC(=O)[C@@H](c5ccccc5)N(C)C)[nH]4)cn3)cc2)cnc1NC(=O)[C@@H](c1ccccc1)N(C)C. The van der Waals surface area contributed by atoms with E-state index in [1.54, 1.807) is 12.4 Å². The normalized spacial score (nSPS) is 13.2. The number of pyridine rings is 1. The molecule has 0 aliphatic heterocycles. The first-order valence-electron chi connectivity index (χ1n) is 17.4. The van der Waals surface area contributed by atoms with E-state index in [1.807, 2.05) is 160 Å². The quantitative estimate of drug-likeness (QED) is 0.122. The number of hydrogen-bond donors (Lipinski definition) is 3. The molecule has 0 spiro atoms. The summed E-state index contributed by atoms with van der Waals surface area (Å²) in [5.41, 5.74) is 7.24. The molecule has 11 heteroatoms. The Kier molecular flexibility index (Phi) is 11.0. The van der Waals surface area contributed by atoms with Crippen molar-refractivity contribution in [1.82, 2.24) is 39.6 Å². The summed E-state index contributed by atoms with van der Waals surface area (Å²) in [6, 6.07) is 30.4. The number of rotatable bonds is 13. The number of aromatic nitrogens is 5. The van der Waals surface area contributed by atoms with E-state index in [0.717, 1.165) is 44.9 Å². The molecule has 3 aromatic carbocycles. The van der Waals surface area contributed by atoms with Crippen LogP contribution in [0.5, 0.6) is 0 Å². The predicted molar refractivity (Wildman–Crippen MR) is 205 cm³/mol.